The Kier molecular flexibility index (Phi) is 6.22. The maximum atomic E-state index is 12.4. The van der Waals surface area contributed by atoms with Gasteiger partial charge in [-0.1, -0.05) is 16.0 Å². The zero-order valence-corrected chi connectivity index (χ0v) is 15.0. The molecule has 0 N–H and O–H groups in total. The first-order valence-electron chi connectivity index (χ1n) is 8.49. The van der Waals surface area contributed by atoms with E-state index in [0.29, 0.717) is 17.9 Å². The molecular weight excluding hydrogens is 357 g/mol. The van der Waals surface area contributed by atoms with Gasteiger partial charge in [0.1, 0.15) is 18.1 Å². The minimum Gasteiger partial charge on any atom is -0.489 e. The standard InChI is InChI=1S/C19H20FNO4S/c20-26(23)25-18-10-8-17(9-11-18)24-14-15-4-6-16(7-5-15)19(22)21-12-2-1-3-13-21/h4-11H,1-3,12-14H2. The van der Waals surface area contributed by atoms with Crippen LogP contribution in [0.4, 0.5) is 3.89 Å². The highest BCUT2D eigenvalue weighted by Crippen LogP contribution is 2.20. The third-order valence-corrected chi connectivity index (χ3v) is 4.56. The number of piperidine rings is 1. The highest BCUT2D eigenvalue weighted by Gasteiger charge is 2.17. The molecule has 0 aromatic heterocycles. The van der Waals surface area contributed by atoms with Gasteiger partial charge in [-0.15, -0.1) is 0 Å². The van der Waals surface area contributed by atoms with Gasteiger partial charge in [0.15, 0.2) is 0 Å². The Morgan fingerprint density at radius 2 is 1.58 bits per heavy atom. The number of rotatable bonds is 6. The lowest BCUT2D eigenvalue weighted by atomic mass is 10.1. The van der Waals surface area contributed by atoms with Crippen molar-refractivity contribution in [3.8, 4) is 11.5 Å². The molecule has 26 heavy (non-hydrogen) atoms. The van der Waals surface area contributed by atoms with Crippen LogP contribution in [0.15, 0.2) is 48.5 Å². The van der Waals surface area contributed by atoms with E-state index in [1.54, 1.807) is 12.1 Å². The first kappa shape index (κ1) is 18.4. The second-order valence-electron chi connectivity index (χ2n) is 6.09. The number of carbonyl (C=O) groups is 1. The van der Waals surface area contributed by atoms with Gasteiger partial charge in [-0.3, -0.25) is 4.79 Å². The highest BCUT2D eigenvalue weighted by atomic mass is 32.2. The fourth-order valence-corrected chi connectivity index (χ4v) is 3.12. The van der Waals surface area contributed by atoms with Gasteiger partial charge in [-0.2, -0.15) is 4.21 Å². The summed E-state index contributed by atoms with van der Waals surface area (Å²) in [5.41, 5.74) is 1.63. The summed E-state index contributed by atoms with van der Waals surface area (Å²) in [6.07, 6.45) is 3.34. The number of halogens is 1. The zero-order valence-electron chi connectivity index (χ0n) is 14.2. The van der Waals surface area contributed by atoms with Gasteiger partial charge in [0, 0.05) is 18.7 Å². The van der Waals surface area contributed by atoms with Gasteiger partial charge in [0.05, 0.1) is 0 Å². The molecular formula is C19H20FNO4S. The maximum Gasteiger partial charge on any atom is 0.401 e. The minimum absolute atomic E-state index is 0.0815. The van der Waals surface area contributed by atoms with Crippen LogP contribution in [0.1, 0.15) is 35.2 Å². The number of benzene rings is 2. The van der Waals surface area contributed by atoms with Crippen molar-refractivity contribution in [2.45, 2.75) is 25.9 Å². The summed E-state index contributed by atoms with van der Waals surface area (Å²) in [5.74, 6) is 0.826. The summed E-state index contributed by atoms with van der Waals surface area (Å²) in [6.45, 7) is 2.01. The monoisotopic (exact) mass is 377 g/mol. The molecule has 0 saturated carbocycles. The molecule has 5 nitrogen and oxygen atoms in total. The van der Waals surface area contributed by atoms with E-state index in [0.717, 1.165) is 31.5 Å². The number of nitrogens with zero attached hydrogens (tertiary/aromatic N) is 1. The quantitative estimate of drug-likeness (QED) is 0.718. The summed E-state index contributed by atoms with van der Waals surface area (Å²) in [4.78, 5) is 14.3. The van der Waals surface area contributed by atoms with Gasteiger partial charge in [-0.05, 0) is 61.2 Å². The van der Waals surface area contributed by atoms with Gasteiger partial charge >= 0.3 is 11.5 Å². The van der Waals surface area contributed by atoms with Crippen LogP contribution >= 0.6 is 0 Å². The van der Waals surface area contributed by atoms with Crippen molar-refractivity contribution in [2.75, 3.05) is 13.1 Å². The molecule has 1 saturated heterocycles. The summed E-state index contributed by atoms with van der Waals surface area (Å²) in [5, 5.41) is 0. The molecule has 0 spiro atoms. The summed E-state index contributed by atoms with van der Waals surface area (Å²) in [7, 11) is 0. The van der Waals surface area contributed by atoms with E-state index in [-0.39, 0.29) is 11.7 Å². The third-order valence-electron chi connectivity index (χ3n) is 4.24. The van der Waals surface area contributed by atoms with E-state index < -0.39 is 11.5 Å². The van der Waals surface area contributed by atoms with Crippen molar-refractivity contribution in [3.63, 3.8) is 0 Å². The smallest absolute Gasteiger partial charge is 0.401 e. The van der Waals surface area contributed by atoms with E-state index >= 15 is 0 Å². The van der Waals surface area contributed by atoms with Crippen molar-refractivity contribution < 1.29 is 21.8 Å². The maximum absolute atomic E-state index is 12.4. The summed E-state index contributed by atoms with van der Waals surface area (Å²) >= 11 is -2.84. The number of hydrogen-bond acceptors (Lipinski definition) is 4. The Labute approximate surface area is 154 Å². The Balaban J connectivity index is 1.54. The molecule has 7 heteroatoms. The Hall–Kier alpha value is -2.41. The lowest BCUT2D eigenvalue weighted by Crippen LogP contribution is -2.35. The van der Waals surface area contributed by atoms with Gasteiger partial charge in [0.2, 0.25) is 0 Å². The van der Waals surface area contributed by atoms with E-state index in [2.05, 4.69) is 4.18 Å². The first-order valence-corrected chi connectivity index (χ1v) is 9.47. The molecule has 1 fully saturated rings. The number of hydrogen-bond donors (Lipinski definition) is 0. The molecule has 2 aromatic carbocycles. The lowest BCUT2D eigenvalue weighted by Gasteiger charge is -2.26. The average Bonchev–Trinajstić information content (AvgIpc) is 2.67. The molecule has 1 aliphatic heterocycles. The average molecular weight is 377 g/mol. The molecule has 1 heterocycles. The summed E-state index contributed by atoms with van der Waals surface area (Å²) < 4.78 is 32.7. The molecule has 0 aliphatic carbocycles. The van der Waals surface area contributed by atoms with Gasteiger partial charge in [0.25, 0.3) is 5.91 Å². The van der Waals surface area contributed by atoms with Crippen molar-refractivity contribution >= 4 is 17.4 Å². The van der Waals surface area contributed by atoms with Crippen LogP contribution < -0.4 is 8.92 Å². The second-order valence-corrected chi connectivity index (χ2v) is 6.64. The lowest BCUT2D eigenvalue weighted by molar-refractivity contribution is 0.0724. The number of likely N-dealkylation sites (tertiary alicyclic amines) is 1. The molecule has 1 unspecified atom stereocenters. The topological polar surface area (TPSA) is 55.8 Å². The van der Waals surface area contributed by atoms with Crippen LogP contribution in [-0.4, -0.2) is 28.1 Å². The molecule has 1 atom stereocenters. The van der Waals surface area contributed by atoms with Crippen molar-refractivity contribution in [3.05, 3.63) is 59.7 Å². The van der Waals surface area contributed by atoms with Crippen molar-refractivity contribution in [2.24, 2.45) is 0 Å². The Bertz CT molecular complexity index is 758. The SMILES string of the molecule is O=C(c1ccc(COc2ccc(OS(=O)F)cc2)cc1)N1CCCCC1. The van der Waals surface area contributed by atoms with E-state index in [1.165, 1.54) is 18.6 Å². The van der Waals surface area contributed by atoms with Gasteiger partial charge < -0.3 is 13.8 Å². The molecule has 0 radical (unpaired) electrons. The van der Waals surface area contributed by atoms with E-state index in [1.807, 2.05) is 29.2 Å². The predicted octanol–water partition coefficient (Wildman–Crippen LogP) is 3.82. The van der Waals surface area contributed by atoms with Crippen LogP contribution in [0.5, 0.6) is 11.5 Å². The predicted molar refractivity (Wildman–Crippen MR) is 96.8 cm³/mol. The number of carbonyl (C=O) groups excluding carboxylic acids is 1. The van der Waals surface area contributed by atoms with Crippen LogP contribution in [0, 0.1) is 0 Å². The van der Waals surface area contributed by atoms with Crippen LogP contribution in [0.3, 0.4) is 0 Å². The number of amides is 1. The van der Waals surface area contributed by atoms with Gasteiger partial charge in [-0.25, -0.2) is 0 Å². The third kappa shape index (κ3) is 5.05. The highest BCUT2D eigenvalue weighted by molar-refractivity contribution is 7.75. The number of ether oxygens (including phenoxy) is 1. The molecule has 138 valence electrons. The van der Waals surface area contributed by atoms with E-state index in [9.17, 15) is 12.9 Å². The molecule has 0 bridgehead atoms. The van der Waals surface area contributed by atoms with Crippen LogP contribution in [-0.2, 0) is 18.1 Å². The molecule has 2 aromatic rings. The molecule has 3 rings (SSSR count). The Morgan fingerprint density at radius 3 is 2.19 bits per heavy atom. The fourth-order valence-electron chi connectivity index (χ4n) is 2.86. The van der Waals surface area contributed by atoms with E-state index in [4.69, 9.17) is 4.74 Å². The van der Waals surface area contributed by atoms with Crippen molar-refractivity contribution in [1.82, 2.24) is 4.90 Å². The second kappa shape index (κ2) is 8.80. The first-order chi connectivity index (χ1) is 12.6. The molecule has 1 aliphatic rings. The van der Waals surface area contributed by atoms with Crippen molar-refractivity contribution in [1.29, 1.82) is 0 Å². The molecule has 1 amide bonds. The summed E-state index contributed by atoms with van der Waals surface area (Å²) in [6, 6.07) is 13.6. The largest absolute Gasteiger partial charge is 0.489 e. The van der Waals surface area contributed by atoms with Crippen LogP contribution in [0.25, 0.3) is 0 Å². The fraction of sp³-hybridized carbons (Fsp3) is 0.316. The minimum atomic E-state index is -2.84. The Morgan fingerprint density at radius 1 is 0.962 bits per heavy atom. The zero-order chi connectivity index (χ0) is 18.4. The normalized spacial score (nSPS) is 15.3. The van der Waals surface area contributed by atoms with Crippen LogP contribution in [0.2, 0.25) is 0 Å².